The smallest absolute Gasteiger partial charge is 0.257 e. The quantitative estimate of drug-likeness (QED) is 0.805. The Labute approximate surface area is 172 Å². The first-order valence-corrected chi connectivity index (χ1v) is 9.66. The van der Waals surface area contributed by atoms with E-state index < -0.39 is 0 Å². The van der Waals surface area contributed by atoms with Crippen LogP contribution in [0.3, 0.4) is 0 Å². The Morgan fingerprint density at radius 1 is 1.26 bits per heavy atom. The first kappa shape index (κ1) is 21.7. The molecular formula is C20H28Cl2N4O. The number of halogens is 2. The second kappa shape index (κ2) is 9.58. The number of hydrogen-bond acceptors (Lipinski definition) is 3. The average Bonchev–Trinajstić information content (AvgIpc) is 3.08. The number of piperidine rings is 1. The Balaban J connectivity index is 0.00000261. The number of carbonyl (C=O) groups excluding carboxylic acids is 1. The molecule has 7 heteroatoms. The lowest BCUT2D eigenvalue weighted by Gasteiger charge is -2.32. The van der Waals surface area contributed by atoms with Gasteiger partial charge in [0.15, 0.2) is 0 Å². The topological polar surface area (TPSA) is 50.2 Å². The van der Waals surface area contributed by atoms with Gasteiger partial charge in [0, 0.05) is 18.1 Å². The molecule has 1 N–H and O–H groups in total. The highest BCUT2D eigenvalue weighted by Gasteiger charge is 2.28. The van der Waals surface area contributed by atoms with Gasteiger partial charge < -0.3 is 10.2 Å². The number of amides is 1. The summed E-state index contributed by atoms with van der Waals surface area (Å²) >= 11 is 6.00. The lowest BCUT2D eigenvalue weighted by molar-refractivity contribution is 0.0689. The van der Waals surface area contributed by atoms with E-state index in [1.165, 1.54) is 0 Å². The van der Waals surface area contributed by atoms with E-state index in [0.717, 1.165) is 43.9 Å². The van der Waals surface area contributed by atoms with Gasteiger partial charge in [-0.25, -0.2) is 4.68 Å². The first-order valence-electron chi connectivity index (χ1n) is 9.29. The molecule has 0 unspecified atom stereocenters. The number of rotatable bonds is 5. The molecule has 0 radical (unpaired) electrons. The first-order chi connectivity index (χ1) is 12.5. The number of nitrogens with one attached hydrogen (secondary N) is 1. The van der Waals surface area contributed by atoms with Gasteiger partial charge in [0.2, 0.25) is 0 Å². The number of nitrogens with zero attached hydrogens (tertiary/aromatic N) is 3. The molecule has 0 spiro atoms. The molecule has 148 valence electrons. The fraction of sp³-hybridized carbons (Fsp3) is 0.500. The standard InChI is InChI=1S/C20H27ClN4O.ClH/c1-14(2)19-18(13-23-25(19)17-6-4-16(21)5-7-17)20(26)24-10-8-15(9-11-24)12-22-3;/h4-7,13-15,22H,8-12H2,1-3H3;1H. The van der Waals surface area contributed by atoms with Crippen LogP contribution in [0, 0.1) is 5.92 Å². The van der Waals surface area contributed by atoms with Crippen molar-refractivity contribution in [3.63, 3.8) is 0 Å². The summed E-state index contributed by atoms with van der Waals surface area (Å²) < 4.78 is 1.86. The molecular weight excluding hydrogens is 383 g/mol. The zero-order valence-corrected chi connectivity index (χ0v) is 17.7. The van der Waals surface area contributed by atoms with Gasteiger partial charge in [-0.15, -0.1) is 12.4 Å². The second-order valence-corrected chi connectivity index (χ2v) is 7.72. The summed E-state index contributed by atoms with van der Waals surface area (Å²) in [5.41, 5.74) is 2.58. The summed E-state index contributed by atoms with van der Waals surface area (Å²) in [6.45, 7) is 6.84. The summed E-state index contributed by atoms with van der Waals surface area (Å²) in [5, 5.41) is 8.44. The zero-order chi connectivity index (χ0) is 18.7. The monoisotopic (exact) mass is 410 g/mol. The van der Waals surface area contributed by atoms with Crippen molar-refractivity contribution in [2.45, 2.75) is 32.6 Å². The Morgan fingerprint density at radius 2 is 1.89 bits per heavy atom. The van der Waals surface area contributed by atoms with E-state index in [1.807, 2.05) is 40.9 Å². The van der Waals surface area contributed by atoms with Crippen LogP contribution in [0.2, 0.25) is 5.02 Å². The maximum atomic E-state index is 13.1. The molecule has 0 saturated carbocycles. The van der Waals surface area contributed by atoms with Crippen molar-refractivity contribution in [1.29, 1.82) is 0 Å². The minimum atomic E-state index is 0. The van der Waals surface area contributed by atoms with Crippen molar-refractivity contribution in [2.75, 3.05) is 26.7 Å². The number of carbonyl (C=O) groups is 1. The van der Waals surface area contributed by atoms with Crippen molar-refractivity contribution in [3.8, 4) is 5.69 Å². The van der Waals surface area contributed by atoms with E-state index in [0.29, 0.717) is 16.5 Å². The summed E-state index contributed by atoms with van der Waals surface area (Å²) in [6.07, 6.45) is 3.82. The molecule has 1 aliphatic rings. The highest BCUT2D eigenvalue weighted by molar-refractivity contribution is 6.30. The Kier molecular flexibility index (Phi) is 7.71. The molecule has 1 aromatic heterocycles. The summed E-state index contributed by atoms with van der Waals surface area (Å²) in [5.74, 6) is 0.941. The molecule has 1 aliphatic heterocycles. The van der Waals surface area contributed by atoms with Crippen molar-refractivity contribution in [2.24, 2.45) is 5.92 Å². The Bertz CT molecular complexity index is 750. The lowest BCUT2D eigenvalue weighted by atomic mass is 9.96. The fourth-order valence-corrected chi connectivity index (χ4v) is 3.79. The van der Waals surface area contributed by atoms with E-state index in [4.69, 9.17) is 11.6 Å². The molecule has 2 heterocycles. The third-order valence-corrected chi connectivity index (χ3v) is 5.30. The maximum Gasteiger partial charge on any atom is 0.257 e. The molecule has 27 heavy (non-hydrogen) atoms. The van der Waals surface area contributed by atoms with Gasteiger partial charge in [0.25, 0.3) is 5.91 Å². The highest BCUT2D eigenvalue weighted by atomic mass is 35.5. The van der Waals surface area contributed by atoms with Gasteiger partial charge in [-0.1, -0.05) is 25.4 Å². The molecule has 5 nitrogen and oxygen atoms in total. The Hall–Kier alpha value is -1.56. The highest BCUT2D eigenvalue weighted by Crippen LogP contribution is 2.26. The number of benzene rings is 1. The van der Waals surface area contributed by atoms with Crippen molar-refractivity contribution in [3.05, 3.63) is 46.7 Å². The Morgan fingerprint density at radius 3 is 2.44 bits per heavy atom. The van der Waals surface area contributed by atoms with E-state index in [2.05, 4.69) is 24.3 Å². The van der Waals surface area contributed by atoms with Crippen LogP contribution in [0.5, 0.6) is 0 Å². The van der Waals surface area contributed by atoms with E-state index >= 15 is 0 Å². The van der Waals surface area contributed by atoms with Gasteiger partial charge in [0.05, 0.1) is 23.1 Å². The second-order valence-electron chi connectivity index (χ2n) is 7.28. The van der Waals surface area contributed by atoms with Crippen LogP contribution >= 0.6 is 24.0 Å². The van der Waals surface area contributed by atoms with Crippen LogP contribution < -0.4 is 5.32 Å². The fourth-order valence-electron chi connectivity index (χ4n) is 3.67. The van der Waals surface area contributed by atoms with Gasteiger partial charge in [0.1, 0.15) is 0 Å². The molecule has 1 amide bonds. The lowest BCUT2D eigenvalue weighted by Crippen LogP contribution is -2.40. The van der Waals surface area contributed by atoms with Crippen molar-refractivity contribution in [1.82, 2.24) is 20.0 Å². The molecule has 1 aromatic carbocycles. The minimum absolute atomic E-state index is 0. The summed E-state index contributed by atoms with van der Waals surface area (Å²) in [7, 11) is 1.98. The van der Waals surface area contributed by atoms with Crippen LogP contribution in [0.1, 0.15) is 48.7 Å². The predicted octanol–water partition coefficient (Wildman–Crippen LogP) is 4.14. The zero-order valence-electron chi connectivity index (χ0n) is 16.1. The normalized spacial score (nSPS) is 15.1. The number of hydrogen-bond donors (Lipinski definition) is 1. The van der Waals surface area contributed by atoms with Crippen LogP contribution in [0.25, 0.3) is 5.69 Å². The molecule has 3 rings (SSSR count). The van der Waals surface area contributed by atoms with Crippen LogP contribution in [0.4, 0.5) is 0 Å². The van der Waals surface area contributed by atoms with E-state index in [9.17, 15) is 4.79 Å². The van der Waals surface area contributed by atoms with Gasteiger partial charge in [-0.2, -0.15) is 5.10 Å². The molecule has 1 saturated heterocycles. The number of aromatic nitrogens is 2. The third-order valence-electron chi connectivity index (χ3n) is 5.05. The maximum absolute atomic E-state index is 13.1. The van der Waals surface area contributed by atoms with Gasteiger partial charge >= 0.3 is 0 Å². The summed E-state index contributed by atoms with van der Waals surface area (Å²) in [4.78, 5) is 15.1. The van der Waals surface area contributed by atoms with Crippen molar-refractivity contribution < 1.29 is 4.79 Å². The van der Waals surface area contributed by atoms with Crippen LogP contribution in [-0.4, -0.2) is 47.3 Å². The predicted molar refractivity (Wildman–Crippen MR) is 112 cm³/mol. The molecule has 0 atom stereocenters. The summed E-state index contributed by atoms with van der Waals surface area (Å²) in [6, 6.07) is 7.55. The van der Waals surface area contributed by atoms with Crippen LogP contribution in [-0.2, 0) is 0 Å². The largest absolute Gasteiger partial charge is 0.339 e. The molecule has 0 bridgehead atoms. The third kappa shape index (κ3) is 4.84. The molecule has 2 aromatic rings. The van der Waals surface area contributed by atoms with Crippen LogP contribution in [0.15, 0.2) is 30.5 Å². The average molecular weight is 411 g/mol. The molecule has 1 fully saturated rings. The minimum Gasteiger partial charge on any atom is -0.339 e. The van der Waals surface area contributed by atoms with Gasteiger partial charge in [-0.3, -0.25) is 4.79 Å². The van der Waals surface area contributed by atoms with E-state index in [1.54, 1.807) is 6.20 Å². The number of likely N-dealkylation sites (tertiary alicyclic amines) is 1. The SMILES string of the molecule is CNCC1CCN(C(=O)c2cnn(-c3ccc(Cl)cc3)c2C(C)C)CC1.Cl. The van der Waals surface area contributed by atoms with Gasteiger partial charge in [-0.05, 0) is 62.5 Å². The van der Waals surface area contributed by atoms with Crippen molar-refractivity contribution >= 4 is 29.9 Å². The molecule has 0 aliphatic carbocycles. The van der Waals surface area contributed by atoms with E-state index in [-0.39, 0.29) is 24.2 Å².